The van der Waals surface area contributed by atoms with Gasteiger partial charge in [0.2, 0.25) is 0 Å². The quantitative estimate of drug-likeness (QED) is 0.575. The molecule has 2 aromatic carbocycles. The minimum Gasteiger partial charge on any atom is -0.397 e. The summed E-state index contributed by atoms with van der Waals surface area (Å²) in [6.45, 7) is 0. The van der Waals surface area contributed by atoms with Gasteiger partial charge in [-0.05, 0) is 12.1 Å². The van der Waals surface area contributed by atoms with E-state index in [1.54, 1.807) is 0 Å². The Labute approximate surface area is 144 Å². The molecule has 2 aromatic rings. The van der Waals surface area contributed by atoms with E-state index < -0.39 is 11.6 Å². The predicted molar refractivity (Wildman–Crippen MR) is 88.6 cm³/mol. The molecule has 0 aromatic heterocycles. The third-order valence-electron chi connectivity index (χ3n) is 3.45. The molecule has 1 aliphatic rings. The van der Waals surface area contributed by atoms with Crippen LogP contribution in [0.4, 0.5) is 11.4 Å². The standard InChI is InChI=1S/C14H6Cl4N2O2/c15-3-1-5(17)11(19)9-7(3)13(21)10-8(14(9)22)4(16)2-6(18)12(10)20/h1-2H,19-20H2. The third kappa shape index (κ3) is 1.92. The van der Waals surface area contributed by atoms with Crippen molar-refractivity contribution >= 4 is 69.3 Å². The monoisotopic (exact) mass is 374 g/mol. The molecule has 0 spiro atoms. The molecule has 4 N–H and O–H groups in total. The van der Waals surface area contributed by atoms with E-state index in [-0.39, 0.29) is 53.7 Å². The highest BCUT2D eigenvalue weighted by Crippen LogP contribution is 2.43. The molecule has 1 aliphatic carbocycles. The van der Waals surface area contributed by atoms with Crippen LogP contribution in [0.25, 0.3) is 0 Å². The summed E-state index contributed by atoms with van der Waals surface area (Å²) in [7, 11) is 0. The van der Waals surface area contributed by atoms with Gasteiger partial charge in [0.05, 0.1) is 53.7 Å². The molecule has 0 heterocycles. The van der Waals surface area contributed by atoms with E-state index in [1.165, 1.54) is 12.1 Å². The summed E-state index contributed by atoms with van der Waals surface area (Å²) in [5.74, 6) is -1.14. The zero-order chi connectivity index (χ0) is 16.3. The summed E-state index contributed by atoms with van der Waals surface area (Å²) in [4.78, 5) is 25.5. The Morgan fingerprint density at radius 1 is 0.591 bits per heavy atom. The molecular weight excluding hydrogens is 370 g/mol. The summed E-state index contributed by atoms with van der Waals surface area (Å²) in [5.41, 5.74) is 11.4. The predicted octanol–water partition coefficient (Wildman–Crippen LogP) is 4.24. The number of benzene rings is 2. The molecule has 0 fully saturated rings. The minimum atomic E-state index is -0.570. The Kier molecular flexibility index (Phi) is 3.53. The van der Waals surface area contributed by atoms with Crippen LogP contribution < -0.4 is 11.5 Å². The van der Waals surface area contributed by atoms with Gasteiger partial charge in [-0.15, -0.1) is 0 Å². The number of anilines is 2. The first kappa shape index (κ1) is 15.4. The van der Waals surface area contributed by atoms with Crippen molar-refractivity contribution in [1.29, 1.82) is 0 Å². The number of nitrogens with two attached hydrogens (primary N) is 2. The Hall–Kier alpha value is -1.46. The van der Waals surface area contributed by atoms with Crippen LogP contribution in [0, 0.1) is 0 Å². The number of halogens is 4. The van der Waals surface area contributed by atoms with Crippen molar-refractivity contribution in [2.45, 2.75) is 0 Å². The van der Waals surface area contributed by atoms with Crippen molar-refractivity contribution in [3.63, 3.8) is 0 Å². The summed E-state index contributed by atoms with van der Waals surface area (Å²) >= 11 is 24.0. The van der Waals surface area contributed by atoms with E-state index >= 15 is 0 Å². The number of fused-ring (bicyclic) bond motifs is 2. The molecule has 4 nitrogen and oxygen atoms in total. The van der Waals surface area contributed by atoms with E-state index in [1.807, 2.05) is 0 Å². The Morgan fingerprint density at radius 3 is 1.23 bits per heavy atom. The Balaban J connectivity index is 2.49. The zero-order valence-electron chi connectivity index (χ0n) is 10.6. The maximum Gasteiger partial charge on any atom is 0.198 e. The average Bonchev–Trinajstić information content (AvgIpc) is 2.44. The van der Waals surface area contributed by atoms with Gasteiger partial charge in [0.15, 0.2) is 11.6 Å². The van der Waals surface area contributed by atoms with E-state index in [2.05, 4.69) is 0 Å². The van der Waals surface area contributed by atoms with Crippen LogP contribution in [0.15, 0.2) is 12.1 Å². The normalized spacial score (nSPS) is 13.1. The fourth-order valence-corrected chi connectivity index (χ4v) is 3.53. The van der Waals surface area contributed by atoms with Crippen molar-refractivity contribution in [3.05, 3.63) is 54.5 Å². The van der Waals surface area contributed by atoms with Crippen molar-refractivity contribution in [2.24, 2.45) is 0 Å². The van der Waals surface area contributed by atoms with Gasteiger partial charge in [0, 0.05) is 0 Å². The van der Waals surface area contributed by atoms with Crippen LogP contribution in [0.3, 0.4) is 0 Å². The number of ketones is 2. The molecule has 8 heteroatoms. The summed E-state index contributed by atoms with van der Waals surface area (Å²) in [6, 6.07) is 2.60. The first-order valence-electron chi connectivity index (χ1n) is 5.90. The van der Waals surface area contributed by atoms with E-state index in [9.17, 15) is 9.59 Å². The second-order valence-corrected chi connectivity index (χ2v) is 6.29. The molecule has 0 unspecified atom stereocenters. The fraction of sp³-hybridized carbons (Fsp3) is 0. The van der Waals surface area contributed by atoms with Gasteiger partial charge in [0.1, 0.15) is 0 Å². The molecule has 0 atom stereocenters. The molecule has 0 aliphatic heterocycles. The van der Waals surface area contributed by atoms with Crippen molar-refractivity contribution in [3.8, 4) is 0 Å². The van der Waals surface area contributed by atoms with Crippen molar-refractivity contribution in [1.82, 2.24) is 0 Å². The van der Waals surface area contributed by atoms with Crippen LogP contribution in [0.2, 0.25) is 20.1 Å². The number of carbonyl (C=O) groups is 2. The Bertz CT molecular complexity index is 820. The van der Waals surface area contributed by atoms with Gasteiger partial charge < -0.3 is 11.5 Å². The number of nitrogen functional groups attached to an aromatic ring is 2. The van der Waals surface area contributed by atoms with Gasteiger partial charge in [-0.2, -0.15) is 0 Å². The first-order valence-corrected chi connectivity index (χ1v) is 7.41. The maximum atomic E-state index is 12.7. The molecule has 0 radical (unpaired) electrons. The maximum absolute atomic E-state index is 12.7. The largest absolute Gasteiger partial charge is 0.397 e. The minimum absolute atomic E-state index is 0.00805. The molecule has 0 saturated heterocycles. The summed E-state index contributed by atoms with van der Waals surface area (Å²) in [5, 5.41) is 0.167. The average molecular weight is 376 g/mol. The topological polar surface area (TPSA) is 86.2 Å². The van der Waals surface area contributed by atoms with Crippen molar-refractivity contribution < 1.29 is 9.59 Å². The SMILES string of the molecule is Nc1c(Cl)cc(Cl)c2c1C(=O)c1c(Cl)cc(Cl)c(N)c1C2=O. The van der Waals surface area contributed by atoms with E-state index in [4.69, 9.17) is 57.9 Å². The lowest BCUT2D eigenvalue weighted by atomic mass is 9.82. The molecule has 0 amide bonds. The van der Waals surface area contributed by atoms with Gasteiger partial charge in [0.25, 0.3) is 0 Å². The van der Waals surface area contributed by atoms with E-state index in [0.717, 1.165) is 0 Å². The third-order valence-corrected chi connectivity index (χ3v) is 4.67. The second-order valence-electron chi connectivity index (χ2n) is 4.67. The Morgan fingerprint density at radius 2 is 0.909 bits per heavy atom. The lowest BCUT2D eigenvalue weighted by Gasteiger charge is -2.23. The molecular formula is C14H6Cl4N2O2. The van der Waals surface area contributed by atoms with Gasteiger partial charge >= 0.3 is 0 Å². The number of hydrogen-bond acceptors (Lipinski definition) is 4. The van der Waals surface area contributed by atoms with Crippen LogP contribution in [0.1, 0.15) is 31.8 Å². The van der Waals surface area contributed by atoms with Crippen LogP contribution in [-0.4, -0.2) is 11.6 Å². The van der Waals surface area contributed by atoms with Crippen LogP contribution in [-0.2, 0) is 0 Å². The molecule has 0 saturated carbocycles. The summed E-state index contributed by atoms with van der Waals surface area (Å²) < 4.78 is 0. The van der Waals surface area contributed by atoms with Gasteiger partial charge in [-0.3, -0.25) is 9.59 Å². The molecule has 22 heavy (non-hydrogen) atoms. The molecule has 0 bridgehead atoms. The lowest BCUT2D eigenvalue weighted by molar-refractivity contribution is 0.0980. The number of carbonyl (C=O) groups excluding carboxylic acids is 2. The number of hydrogen-bond donors (Lipinski definition) is 2. The second kappa shape index (κ2) is 5.03. The highest BCUT2D eigenvalue weighted by Gasteiger charge is 2.37. The highest BCUT2D eigenvalue weighted by atomic mass is 35.5. The van der Waals surface area contributed by atoms with E-state index in [0.29, 0.717) is 0 Å². The molecule has 112 valence electrons. The summed E-state index contributed by atoms with van der Waals surface area (Å²) in [6.07, 6.45) is 0. The first-order chi connectivity index (χ1) is 10.3. The number of rotatable bonds is 0. The van der Waals surface area contributed by atoms with Crippen molar-refractivity contribution in [2.75, 3.05) is 11.5 Å². The van der Waals surface area contributed by atoms with Gasteiger partial charge in [-0.25, -0.2) is 0 Å². The van der Waals surface area contributed by atoms with Crippen LogP contribution >= 0.6 is 46.4 Å². The van der Waals surface area contributed by atoms with Crippen LogP contribution in [0.5, 0.6) is 0 Å². The highest BCUT2D eigenvalue weighted by molar-refractivity contribution is 6.47. The fourth-order valence-electron chi connectivity index (χ4n) is 2.44. The van der Waals surface area contributed by atoms with Gasteiger partial charge in [-0.1, -0.05) is 46.4 Å². The zero-order valence-corrected chi connectivity index (χ0v) is 13.7. The molecule has 3 rings (SSSR count). The smallest absolute Gasteiger partial charge is 0.198 e. The lowest BCUT2D eigenvalue weighted by Crippen LogP contribution is -2.25.